The summed E-state index contributed by atoms with van der Waals surface area (Å²) in [6, 6.07) is 11.5. The SMILES string of the molecule is CCC(C)C1CNC(C)(c2ccccc2)CN1CC. The van der Waals surface area contributed by atoms with Crippen molar-refractivity contribution in [3.05, 3.63) is 35.9 Å². The number of likely N-dealkylation sites (N-methyl/N-ethyl adjacent to an activating group) is 1. The molecule has 0 bridgehead atoms. The molecule has 3 atom stereocenters. The smallest absolute Gasteiger partial charge is 0.0535 e. The van der Waals surface area contributed by atoms with Crippen LogP contribution in [0.4, 0.5) is 0 Å². The molecule has 1 N–H and O–H groups in total. The van der Waals surface area contributed by atoms with Gasteiger partial charge in [0, 0.05) is 19.1 Å². The van der Waals surface area contributed by atoms with E-state index >= 15 is 0 Å². The summed E-state index contributed by atoms with van der Waals surface area (Å²) < 4.78 is 0. The summed E-state index contributed by atoms with van der Waals surface area (Å²) >= 11 is 0. The molecule has 0 spiro atoms. The van der Waals surface area contributed by atoms with Gasteiger partial charge in [-0.1, -0.05) is 57.5 Å². The predicted molar refractivity (Wildman–Crippen MR) is 82.3 cm³/mol. The molecule has 2 nitrogen and oxygen atoms in total. The molecule has 0 amide bonds. The third kappa shape index (κ3) is 3.01. The fraction of sp³-hybridized carbons (Fsp3) is 0.647. The van der Waals surface area contributed by atoms with Crippen LogP contribution in [0.25, 0.3) is 0 Å². The minimum Gasteiger partial charge on any atom is -0.305 e. The fourth-order valence-corrected chi connectivity index (χ4v) is 3.22. The Hall–Kier alpha value is -0.860. The van der Waals surface area contributed by atoms with E-state index in [1.807, 2.05) is 0 Å². The van der Waals surface area contributed by atoms with Gasteiger partial charge < -0.3 is 5.32 Å². The number of piperazine rings is 1. The lowest BCUT2D eigenvalue weighted by atomic mass is 9.85. The van der Waals surface area contributed by atoms with Crippen molar-refractivity contribution in [1.82, 2.24) is 10.2 Å². The van der Waals surface area contributed by atoms with Crippen LogP contribution in [0, 0.1) is 5.92 Å². The van der Waals surface area contributed by atoms with Crippen molar-refractivity contribution in [2.75, 3.05) is 19.6 Å². The van der Waals surface area contributed by atoms with Gasteiger partial charge in [-0.25, -0.2) is 0 Å². The summed E-state index contributed by atoms with van der Waals surface area (Å²) in [4.78, 5) is 2.65. The Kier molecular flexibility index (Phi) is 4.64. The van der Waals surface area contributed by atoms with Crippen LogP contribution in [-0.2, 0) is 5.54 Å². The molecule has 3 unspecified atom stereocenters. The molecule has 1 fully saturated rings. The monoisotopic (exact) mass is 260 g/mol. The average Bonchev–Trinajstić information content (AvgIpc) is 2.47. The molecule has 0 aliphatic carbocycles. The summed E-state index contributed by atoms with van der Waals surface area (Å²) in [5, 5.41) is 3.80. The number of nitrogens with zero attached hydrogens (tertiary/aromatic N) is 1. The van der Waals surface area contributed by atoms with E-state index < -0.39 is 0 Å². The van der Waals surface area contributed by atoms with Crippen molar-refractivity contribution >= 4 is 0 Å². The van der Waals surface area contributed by atoms with Crippen molar-refractivity contribution in [1.29, 1.82) is 0 Å². The molecule has 1 aliphatic heterocycles. The van der Waals surface area contributed by atoms with Crippen molar-refractivity contribution in [2.45, 2.75) is 45.7 Å². The molecule has 1 aromatic carbocycles. The van der Waals surface area contributed by atoms with E-state index in [-0.39, 0.29) is 5.54 Å². The van der Waals surface area contributed by atoms with Crippen LogP contribution in [0.5, 0.6) is 0 Å². The van der Waals surface area contributed by atoms with Gasteiger partial charge in [-0.15, -0.1) is 0 Å². The molecule has 2 heteroatoms. The Labute approximate surface area is 118 Å². The first kappa shape index (κ1) is 14.5. The Bertz CT molecular complexity index is 390. The molecule has 0 saturated carbocycles. The molecule has 19 heavy (non-hydrogen) atoms. The normalized spacial score (nSPS) is 30.2. The highest BCUT2D eigenvalue weighted by atomic mass is 15.3. The van der Waals surface area contributed by atoms with Crippen LogP contribution >= 0.6 is 0 Å². The van der Waals surface area contributed by atoms with Crippen LogP contribution in [0.1, 0.15) is 39.7 Å². The zero-order chi connectivity index (χ0) is 13.9. The molecule has 0 aromatic heterocycles. The number of rotatable bonds is 4. The summed E-state index contributed by atoms with van der Waals surface area (Å²) in [5.74, 6) is 0.757. The second-order valence-corrected chi connectivity index (χ2v) is 6.10. The second-order valence-electron chi connectivity index (χ2n) is 6.10. The fourth-order valence-electron chi connectivity index (χ4n) is 3.22. The molecule has 1 heterocycles. The Morgan fingerprint density at radius 1 is 1.32 bits per heavy atom. The van der Waals surface area contributed by atoms with Crippen molar-refractivity contribution in [3.63, 3.8) is 0 Å². The van der Waals surface area contributed by atoms with Crippen LogP contribution in [0.3, 0.4) is 0 Å². The van der Waals surface area contributed by atoms with Gasteiger partial charge in [0.25, 0.3) is 0 Å². The average molecular weight is 260 g/mol. The third-order valence-electron chi connectivity index (χ3n) is 4.81. The Balaban J connectivity index is 2.16. The maximum absolute atomic E-state index is 3.80. The standard InChI is InChI=1S/C17H28N2/c1-5-14(3)16-12-18-17(4,13-19(16)6-2)15-10-8-7-9-11-15/h7-11,14,16,18H,5-6,12-13H2,1-4H3. The highest BCUT2D eigenvalue weighted by Crippen LogP contribution is 2.29. The topological polar surface area (TPSA) is 15.3 Å². The van der Waals surface area contributed by atoms with E-state index in [1.165, 1.54) is 12.0 Å². The molecule has 1 aliphatic rings. The van der Waals surface area contributed by atoms with Crippen LogP contribution in [-0.4, -0.2) is 30.6 Å². The number of hydrogen-bond donors (Lipinski definition) is 1. The first-order valence-corrected chi connectivity index (χ1v) is 7.65. The van der Waals surface area contributed by atoms with Gasteiger partial charge in [0.1, 0.15) is 0 Å². The summed E-state index contributed by atoms with van der Waals surface area (Å²) in [5.41, 5.74) is 1.48. The van der Waals surface area contributed by atoms with E-state index in [0.29, 0.717) is 6.04 Å². The highest BCUT2D eigenvalue weighted by Gasteiger charge is 2.37. The Morgan fingerprint density at radius 3 is 2.58 bits per heavy atom. The molecule has 2 rings (SSSR count). The van der Waals surface area contributed by atoms with Crippen molar-refractivity contribution < 1.29 is 0 Å². The van der Waals surface area contributed by atoms with E-state index in [9.17, 15) is 0 Å². The molecule has 1 saturated heterocycles. The van der Waals surface area contributed by atoms with Gasteiger partial charge in [-0.2, -0.15) is 0 Å². The lowest BCUT2D eigenvalue weighted by molar-refractivity contribution is 0.0602. The summed E-state index contributed by atoms with van der Waals surface area (Å²) in [6.45, 7) is 12.6. The number of nitrogens with one attached hydrogen (secondary N) is 1. The first-order chi connectivity index (χ1) is 9.10. The largest absolute Gasteiger partial charge is 0.305 e. The van der Waals surface area contributed by atoms with Crippen molar-refractivity contribution in [2.24, 2.45) is 5.92 Å². The van der Waals surface area contributed by atoms with E-state index in [4.69, 9.17) is 0 Å². The maximum Gasteiger partial charge on any atom is 0.0535 e. The zero-order valence-corrected chi connectivity index (χ0v) is 12.8. The zero-order valence-electron chi connectivity index (χ0n) is 12.8. The lowest BCUT2D eigenvalue weighted by Crippen LogP contribution is -2.62. The third-order valence-corrected chi connectivity index (χ3v) is 4.81. The highest BCUT2D eigenvalue weighted by molar-refractivity contribution is 5.25. The first-order valence-electron chi connectivity index (χ1n) is 7.65. The number of benzene rings is 1. The summed E-state index contributed by atoms with van der Waals surface area (Å²) in [6.07, 6.45) is 1.25. The van der Waals surface area contributed by atoms with Crippen LogP contribution < -0.4 is 5.32 Å². The predicted octanol–water partition coefficient (Wildman–Crippen LogP) is 3.24. The Morgan fingerprint density at radius 2 is 2.00 bits per heavy atom. The maximum atomic E-state index is 3.80. The van der Waals surface area contributed by atoms with Gasteiger partial charge in [-0.05, 0) is 24.9 Å². The van der Waals surface area contributed by atoms with Gasteiger partial charge in [0.05, 0.1) is 5.54 Å². The van der Waals surface area contributed by atoms with E-state index in [2.05, 4.69) is 68.2 Å². The van der Waals surface area contributed by atoms with Crippen molar-refractivity contribution in [3.8, 4) is 0 Å². The van der Waals surface area contributed by atoms with Gasteiger partial charge in [-0.3, -0.25) is 4.90 Å². The molecule has 106 valence electrons. The van der Waals surface area contributed by atoms with Crippen LogP contribution in [0.15, 0.2) is 30.3 Å². The lowest BCUT2D eigenvalue weighted by Gasteiger charge is -2.48. The van der Waals surface area contributed by atoms with Gasteiger partial charge in [0.15, 0.2) is 0 Å². The molecular weight excluding hydrogens is 232 g/mol. The van der Waals surface area contributed by atoms with E-state index in [1.54, 1.807) is 0 Å². The molecule has 1 aromatic rings. The van der Waals surface area contributed by atoms with E-state index in [0.717, 1.165) is 25.6 Å². The minimum absolute atomic E-state index is 0.0846. The summed E-state index contributed by atoms with van der Waals surface area (Å²) in [7, 11) is 0. The second kappa shape index (κ2) is 6.06. The van der Waals surface area contributed by atoms with Gasteiger partial charge >= 0.3 is 0 Å². The minimum atomic E-state index is 0.0846. The quantitative estimate of drug-likeness (QED) is 0.894. The number of hydrogen-bond acceptors (Lipinski definition) is 2. The molecular formula is C17H28N2. The van der Waals surface area contributed by atoms with Crippen LogP contribution in [0.2, 0.25) is 0 Å². The van der Waals surface area contributed by atoms with Gasteiger partial charge in [0.2, 0.25) is 0 Å². The molecule has 0 radical (unpaired) electrons.